The number of ketones is 1. The van der Waals surface area contributed by atoms with Gasteiger partial charge >= 0.3 is 6.09 Å². The van der Waals surface area contributed by atoms with Gasteiger partial charge in [-0.15, -0.1) is 0 Å². The van der Waals surface area contributed by atoms with Crippen LogP contribution in [0.15, 0.2) is 0 Å². The molecule has 0 saturated carbocycles. The van der Waals surface area contributed by atoms with Gasteiger partial charge in [0.05, 0.1) is 12.6 Å². The Morgan fingerprint density at radius 2 is 2.06 bits per heavy atom. The summed E-state index contributed by atoms with van der Waals surface area (Å²) in [7, 11) is 0. The molecule has 6 heteroatoms. The van der Waals surface area contributed by atoms with Gasteiger partial charge in [-0.3, -0.25) is 20.2 Å². The molecular weight excluding hydrogens is 212 g/mol. The summed E-state index contributed by atoms with van der Waals surface area (Å²) in [6.07, 6.45) is -0.673. The summed E-state index contributed by atoms with van der Waals surface area (Å²) >= 11 is 0. The third kappa shape index (κ3) is 3.98. The highest BCUT2D eigenvalue weighted by molar-refractivity contribution is 5.99. The number of hydrogen-bond acceptors (Lipinski definition) is 5. The summed E-state index contributed by atoms with van der Waals surface area (Å²) in [4.78, 5) is 33.6. The SMILES string of the molecule is CC(C)(C)OC(=O)NC(=O)[C@@H]1CC(=O)CN1. The molecule has 0 spiro atoms. The summed E-state index contributed by atoms with van der Waals surface area (Å²) < 4.78 is 4.91. The zero-order chi connectivity index (χ0) is 12.3. The molecule has 0 aromatic carbocycles. The molecule has 0 radical (unpaired) electrons. The molecule has 1 atom stereocenters. The lowest BCUT2D eigenvalue weighted by Crippen LogP contribution is -2.45. The van der Waals surface area contributed by atoms with Crippen LogP contribution in [0.5, 0.6) is 0 Å². The number of Topliss-reactive ketones (excluding diaryl/α,β-unsaturated/α-hetero) is 1. The molecule has 1 fully saturated rings. The average Bonchev–Trinajstić information content (AvgIpc) is 2.47. The van der Waals surface area contributed by atoms with Crippen LogP contribution in [0.1, 0.15) is 27.2 Å². The molecule has 90 valence electrons. The van der Waals surface area contributed by atoms with Crippen molar-refractivity contribution in [1.82, 2.24) is 10.6 Å². The number of carbonyl (C=O) groups is 3. The Balaban J connectivity index is 2.40. The lowest BCUT2D eigenvalue weighted by Gasteiger charge is -2.19. The fourth-order valence-corrected chi connectivity index (χ4v) is 1.29. The van der Waals surface area contributed by atoms with Gasteiger partial charge in [0, 0.05) is 6.42 Å². The largest absolute Gasteiger partial charge is 0.444 e. The highest BCUT2D eigenvalue weighted by Gasteiger charge is 2.29. The Morgan fingerprint density at radius 3 is 2.50 bits per heavy atom. The number of carbonyl (C=O) groups excluding carboxylic acids is 3. The van der Waals surface area contributed by atoms with E-state index in [9.17, 15) is 14.4 Å². The first-order valence-corrected chi connectivity index (χ1v) is 5.07. The first-order valence-electron chi connectivity index (χ1n) is 5.07. The summed E-state index contributed by atoms with van der Waals surface area (Å²) in [6.45, 7) is 5.28. The Labute approximate surface area is 93.7 Å². The van der Waals surface area contributed by atoms with Crippen LogP contribution in [0.4, 0.5) is 4.79 Å². The molecule has 2 N–H and O–H groups in total. The van der Waals surface area contributed by atoms with Crippen molar-refractivity contribution >= 4 is 17.8 Å². The lowest BCUT2D eigenvalue weighted by molar-refractivity contribution is -0.124. The van der Waals surface area contributed by atoms with E-state index in [1.807, 2.05) is 0 Å². The Hall–Kier alpha value is -1.43. The highest BCUT2D eigenvalue weighted by atomic mass is 16.6. The van der Waals surface area contributed by atoms with Crippen molar-refractivity contribution in [3.63, 3.8) is 0 Å². The summed E-state index contributed by atoms with van der Waals surface area (Å²) in [5.41, 5.74) is -0.650. The molecule has 6 nitrogen and oxygen atoms in total. The van der Waals surface area contributed by atoms with E-state index < -0.39 is 23.6 Å². The predicted octanol–water partition coefficient (Wildman–Crippen LogP) is -0.0313. The van der Waals surface area contributed by atoms with Crippen LogP contribution in [0, 0.1) is 0 Å². The number of hydrogen-bond donors (Lipinski definition) is 2. The Kier molecular flexibility index (Phi) is 3.64. The second kappa shape index (κ2) is 4.61. The van der Waals surface area contributed by atoms with E-state index in [4.69, 9.17) is 4.74 Å². The zero-order valence-corrected chi connectivity index (χ0v) is 9.62. The van der Waals surface area contributed by atoms with Gasteiger partial charge in [0.15, 0.2) is 0 Å². The molecule has 1 aliphatic heterocycles. The van der Waals surface area contributed by atoms with E-state index in [1.54, 1.807) is 20.8 Å². The first kappa shape index (κ1) is 12.6. The normalized spacial score (nSPS) is 20.7. The minimum absolute atomic E-state index is 0.0376. The second-order valence-electron chi connectivity index (χ2n) is 4.67. The molecule has 0 bridgehead atoms. The molecule has 0 unspecified atom stereocenters. The van der Waals surface area contributed by atoms with Crippen molar-refractivity contribution in [3.8, 4) is 0 Å². The maximum absolute atomic E-state index is 11.5. The van der Waals surface area contributed by atoms with Crippen LogP contribution >= 0.6 is 0 Å². The van der Waals surface area contributed by atoms with Crippen LogP contribution < -0.4 is 10.6 Å². The lowest BCUT2D eigenvalue weighted by atomic mass is 10.2. The first-order chi connectivity index (χ1) is 7.28. The molecule has 2 amide bonds. The van der Waals surface area contributed by atoms with Crippen molar-refractivity contribution in [2.24, 2.45) is 0 Å². The van der Waals surface area contributed by atoms with Gasteiger partial charge in [-0.1, -0.05) is 0 Å². The monoisotopic (exact) mass is 228 g/mol. The summed E-state index contributed by atoms with van der Waals surface area (Å²) in [5.74, 6) is -0.565. The third-order valence-electron chi connectivity index (χ3n) is 1.92. The van der Waals surface area contributed by atoms with Gasteiger partial charge in [0.25, 0.3) is 0 Å². The number of amides is 2. The predicted molar refractivity (Wildman–Crippen MR) is 55.8 cm³/mol. The van der Waals surface area contributed by atoms with Gasteiger partial charge in [-0.05, 0) is 20.8 Å². The van der Waals surface area contributed by atoms with Crippen molar-refractivity contribution in [1.29, 1.82) is 0 Å². The van der Waals surface area contributed by atoms with E-state index >= 15 is 0 Å². The molecule has 1 saturated heterocycles. The van der Waals surface area contributed by atoms with Gasteiger partial charge in [-0.25, -0.2) is 4.79 Å². The van der Waals surface area contributed by atoms with Gasteiger partial charge in [0.1, 0.15) is 11.4 Å². The number of alkyl carbamates (subject to hydrolysis) is 1. The van der Waals surface area contributed by atoms with E-state index in [1.165, 1.54) is 0 Å². The van der Waals surface area contributed by atoms with E-state index in [2.05, 4.69) is 10.6 Å². The smallest absolute Gasteiger partial charge is 0.414 e. The minimum atomic E-state index is -0.793. The average molecular weight is 228 g/mol. The maximum Gasteiger partial charge on any atom is 0.414 e. The third-order valence-corrected chi connectivity index (χ3v) is 1.92. The maximum atomic E-state index is 11.5. The van der Waals surface area contributed by atoms with Crippen molar-refractivity contribution < 1.29 is 19.1 Å². The molecular formula is C10H16N2O4. The topological polar surface area (TPSA) is 84.5 Å². The van der Waals surface area contributed by atoms with Crippen LogP contribution in [-0.2, 0) is 14.3 Å². The molecule has 0 aromatic rings. The number of nitrogens with one attached hydrogen (secondary N) is 2. The minimum Gasteiger partial charge on any atom is -0.444 e. The summed E-state index contributed by atoms with van der Waals surface area (Å²) in [6, 6.07) is -0.625. The van der Waals surface area contributed by atoms with Crippen LogP contribution in [-0.4, -0.2) is 36.0 Å². The van der Waals surface area contributed by atoms with Crippen molar-refractivity contribution in [2.45, 2.75) is 38.8 Å². The van der Waals surface area contributed by atoms with E-state index in [0.717, 1.165) is 0 Å². The number of rotatable bonds is 1. The van der Waals surface area contributed by atoms with Crippen molar-refractivity contribution in [3.05, 3.63) is 0 Å². The van der Waals surface area contributed by atoms with Gasteiger partial charge in [-0.2, -0.15) is 0 Å². The van der Waals surface area contributed by atoms with Crippen LogP contribution in [0.3, 0.4) is 0 Å². The molecule has 1 rings (SSSR count). The highest BCUT2D eigenvalue weighted by Crippen LogP contribution is 2.07. The fourth-order valence-electron chi connectivity index (χ4n) is 1.29. The molecule has 0 aliphatic carbocycles. The summed E-state index contributed by atoms with van der Waals surface area (Å²) in [5, 5.41) is 4.79. The van der Waals surface area contributed by atoms with E-state index in [-0.39, 0.29) is 18.7 Å². The number of ether oxygens (including phenoxy) is 1. The quantitative estimate of drug-likeness (QED) is 0.658. The zero-order valence-electron chi connectivity index (χ0n) is 9.62. The number of imide groups is 1. The van der Waals surface area contributed by atoms with Gasteiger partial charge < -0.3 is 4.74 Å². The Morgan fingerprint density at radius 1 is 1.44 bits per heavy atom. The molecule has 1 heterocycles. The standard InChI is InChI=1S/C10H16N2O4/c1-10(2,3)16-9(15)12-8(14)7-4-6(13)5-11-7/h7,11H,4-5H2,1-3H3,(H,12,14,15)/t7-/m0/s1. The molecule has 0 aromatic heterocycles. The van der Waals surface area contributed by atoms with Crippen LogP contribution in [0.2, 0.25) is 0 Å². The fraction of sp³-hybridized carbons (Fsp3) is 0.700. The molecule has 16 heavy (non-hydrogen) atoms. The van der Waals surface area contributed by atoms with Crippen molar-refractivity contribution in [2.75, 3.05) is 6.54 Å². The molecule has 1 aliphatic rings. The Bertz CT molecular complexity index is 319. The van der Waals surface area contributed by atoms with Crippen LogP contribution in [0.25, 0.3) is 0 Å². The van der Waals surface area contributed by atoms with Gasteiger partial charge in [0.2, 0.25) is 5.91 Å². The second-order valence-corrected chi connectivity index (χ2v) is 4.67. The van der Waals surface area contributed by atoms with E-state index in [0.29, 0.717) is 0 Å².